The lowest BCUT2D eigenvalue weighted by Crippen LogP contribution is -2.10. The van der Waals surface area contributed by atoms with Gasteiger partial charge < -0.3 is 9.15 Å². The molecule has 0 saturated carbocycles. The van der Waals surface area contributed by atoms with E-state index in [1.807, 2.05) is 0 Å². The van der Waals surface area contributed by atoms with Crippen molar-refractivity contribution in [3.63, 3.8) is 0 Å². The van der Waals surface area contributed by atoms with E-state index >= 15 is 0 Å². The van der Waals surface area contributed by atoms with Crippen LogP contribution in [0.1, 0.15) is 0 Å². The number of rotatable bonds is 2. The molecule has 1 heterocycles. The first-order valence-corrected chi connectivity index (χ1v) is 6.17. The largest absolute Gasteiger partial charge is 0.493 e. The van der Waals surface area contributed by atoms with Gasteiger partial charge in [-0.2, -0.15) is 4.39 Å². The van der Waals surface area contributed by atoms with Gasteiger partial charge in [0, 0.05) is 5.56 Å². The first-order chi connectivity index (χ1) is 10.1. The molecule has 0 unspecified atom stereocenters. The highest BCUT2D eigenvalue weighted by Gasteiger charge is 2.20. The number of ether oxygens (including phenoxy) is 1. The molecule has 0 bridgehead atoms. The van der Waals surface area contributed by atoms with Crippen LogP contribution in [-0.2, 0) is 0 Å². The van der Waals surface area contributed by atoms with Crippen molar-refractivity contribution in [2.75, 3.05) is 7.11 Å². The standard InChI is InChI=1S/C16H10F2O3/c1-20-16-10(17)7-8-11-12(16)14(19)13(18)15(21-11)9-5-3-2-4-6-9/h2-8H,1H3. The molecule has 0 aliphatic rings. The van der Waals surface area contributed by atoms with E-state index in [0.29, 0.717) is 5.56 Å². The number of halogens is 2. The van der Waals surface area contributed by atoms with Crippen LogP contribution in [0.25, 0.3) is 22.3 Å². The molecule has 21 heavy (non-hydrogen) atoms. The van der Waals surface area contributed by atoms with Gasteiger partial charge in [-0.25, -0.2) is 4.39 Å². The highest BCUT2D eigenvalue weighted by atomic mass is 19.1. The highest BCUT2D eigenvalue weighted by Crippen LogP contribution is 2.30. The molecule has 0 saturated heterocycles. The predicted molar refractivity (Wildman–Crippen MR) is 74.4 cm³/mol. The molecule has 0 amide bonds. The van der Waals surface area contributed by atoms with Gasteiger partial charge in [-0.3, -0.25) is 4.79 Å². The topological polar surface area (TPSA) is 39.4 Å². The van der Waals surface area contributed by atoms with Gasteiger partial charge in [0.1, 0.15) is 11.0 Å². The summed E-state index contributed by atoms with van der Waals surface area (Å²) in [4.78, 5) is 12.2. The van der Waals surface area contributed by atoms with E-state index in [9.17, 15) is 13.6 Å². The Hall–Kier alpha value is -2.69. The number of hydrogen-bond acceptors (Lipinski definition) is 3. The van der Waals surface area contributed by atoms with E-state index in [0.717, 1.165) is 6.07 Å². The Morgan fingerprint density at radius 2 is 1.76 bits per heavy atom. The first kappa shape index (κ1) is 13.3. The molecule has 3 nitrogen and oxygen atoms in total. The summed E-state index contributed by atoms with van der Waals surface area (Å²) in [6, 6.07) is 10.8. The third-order valence-electron chi connectivity index (χ3n) is 3.15. The number of hydrogen-bond donors (Lipinski definition) is 0. The van der Waals surface area contributed by atoms with Crippen LogP contribution < -0.4 is 10.2 Å². The molecule has 1 aromatic heterocycles. The van der Waals surface area contributed by atoms with E-state index in [1.54, 1.807) is 30.3 Å². The zero-order valence-electron chi connectivity index (χ0n) is 11.0. The van der Waals surface area contributed by atoms with Crippen molar-refractivity contribution in [1.29, 1.82) is 0 Å². The van der Waals surface area contributed by atoms with Gasteiger partial charge in [-0.15, -0.1) is 0 Å². The summed E-state index contributed by atoms with van der Waals surface area (Å²) in [5.74, 6) is -2.32. The zero-order chi connectivity index (χ0) is 15.0. The maximum atomic E-state index is 14.3. The highest BCUT2D eigenvalue weighted by molar-refractivity contribution is 5.85. The summed E-state index contributed by atoms with van der Waals surface area (Å²) in [5.41, 5.74) is -0.456. The summed E-state index contributed by atoms with van der Waals surface area (Å²) in [5, 5.41) is -0.241. The van der Waals surface area contributed by atoms with Gasteiger partial charge >= 0.3 is 0 Å². The number of fused-ring (bicyclic) bond motifs is 1. The molecule has 106 valence electrons. The van der Waals surface area contributed by atoms with Crippen molar-refractivity contribution in [3.05, 3.63) is 64.3 Å². The molecule has 0 aliphatic carbocycles. The number of methoxy groups -OCH3 is 1. The van der Waals surface area contributed by atoms with Gasteiger partial charge in [-0.1, -0.05) is 30.3 Å². The van der Waals surface area contributed by atoms with Crippen LogP contribution in [-0.4, -0.2) is 7.11 Å². The van der Waals surface area contributed by atoms with Crippen LogP contribution in [0, 0.1) is 11.6 Å². The molecule has 0 N–H and O–H groups in total. The van der Waals surface area contributed by atoms with Crippen LogP contribution >= 0.6 is 0 Å². The lowest BCUT2D eigenvalue weighted by molar-refractivity contribution is 0.390. The Morgan fingerprint density at radius 1 is 1.05 bits per heavy atom. The summed E-state index contributed by atoms with van der Waals surface area (Å²) < 4.78 is 38.2. The van der Waals surface area contributed by atoms with E-state index in [2.05, 4.69) is 0 Å². The quantitative estimate of drug-likeness (QED) is 0.721. The molecule has 0 radical (unpaired) electrons. The Kier molecular flexibility index (Phi) is 3.17. The van der Waals surface area contributed by atoms with Crippen molar-refractivity contribution in [2.24, 2.45) is 0 Å². The third-order valence-corrected chi connectivity index (χ3v) is 3.15. The fourth-order valence-corrected chi connectivity index (χ4v) is 2.18. The molecule has 3 rings (SSSR count). The van der Waals surface area contributed by atoms with Gasteiger partial charge in [0.15, 0.2) is 17.3 Å². The summed E-state index contributed by atoms with van der Waals surface area (Å²) in [6.07, 6.45) is 0. The smallest absolute Gasteiger partial charge is 0.232 e. The van der Waals surface area contributed by atoms with Crippen molar-refractivity contribution in [1.82, 2.24) is 0 Å². The monoisotopic (exact) mass is 288 g/mol. The Labute approximate surface area is 118 Å². The average Bonchev–Trinajstić information content (AvgIpc) is 2.52. The van der Waals surface area contributed by atoms with Crippen LogP contribution in [0.5, 0.6) is 5.75 Å². The maximum Gasteiger partial charge on any atom is 0.232 e. The molecular weight excluding hydrogens is 278 g/mol. The average molecular weight is 288 g/mol. The van der Waals surface area contributed by atoms with Crippen LogP contribution in [0.3, 0.4) is 0 Å². The number of benzene rings is 2. The van der Waals surface area contributed by atoms with E-state index < -0.39 is 17.1 Å². The molecule has 0 atom stereocenters. The third kappa shape index (κ3) is 2.07. The Morgan fingerprint density at radius 3 is 2.43 bits per heavy atom. The van der Waals surface area contributed by atoms with E-state index in [-0.39, 0.29) is 22.5 Å². The van der Waals surface area contributed by atoms with Gasteiger partial charge in [0.2, 0.25) is 11.2 Å². The SMILES string of the molecule is COc1c(F)ccc2oc(-c3ccccc3)c(F)c(=O)c12. The lowest BCUT2D eigenvalue weighted by Gasteiger charge is -2.08. The molecule has 0 spiro atoms. The summed E-state index contributed by atoms with van der Waals surface area (Å²) >= 11 is 0. The van der Waals surface area contributed by atoms with Gasteiger partial charge in [0.05, 0.1) is 7.11 Å². The maximum absolute atomic E-state index is 14.3. The van der Waals surface area contributed by atoms with Crippen LogP contribution in [0.4, 0.5) is 8.78 Å². The second-order valence-corrected chi connectivity index (χ2v) is 4.39. The summed E-state index contributed by atoms with van der Waals surface area (Å²) in [7, 11) is 1.21. The van der Waals surface area contributed by atoms with Crippen molar-refractivity contribution in [2.45, 2.75) is 0 Å². The molecule has 0 aliphatic heterocycles. The van der Waals surface area contributed by atoms with Crippen molar-refractivity contribution < 1.29 is 17.9 Å². The van der Waals surface area contributed by atoms with Gasteiger partial charge in [0.25, 0.3) is 0 Å². The van der Waals surface area contributed by atoms with Crippen molar-refractivity contribution >= 4 is 11.0 Å². The zero-order valence-corrected chi connectivity index (χ0v) is 11.0. The van der Waals surface area contributed by atoms with Crippen LogP contribution in [0.2, 0.25) is 0 Å². The Bertz CT molecular complexity index is 870. The van der Waals surface area contributed by atoms with Crippen molar-refractivity contribution in [3.8, 4) is 17.1 Å². The second kappa shape index (κ2) is 5.01. The fraction of sp³-hybridized carbons (Fsp3) is 0.0625. The molecule has 0 fully saturated rings. The lowest BCUT2D eigenvalue weighted by atomic mass is 10.1. The molecular formula is C16H10F2O3. The molecule has 5 heteroatoms. The van der Waals surface area contributed by atoms with Crippen LogP contribution in [0.15, 0.2) is 51.7 Å². The van der Waals surface area contributed by atoms with E-state index in [4.69, 9.17) is 9.15 Å². The first-order valence-electron chi connectivity index (χ1n) is 6.17. The minimum Gasteiger partial charge on any atom is -0.493 e. The van der Waals surface area contributed by atoms with Gasteiger partial charge in [-0.05, 0) is 12.1 Å². The second-order valence-electron chi connectivity index (χ2n) is 4.39. The molecule has 2 aromatic carbocycles. The minimum absolute atomic E-state index is 0.0681. The predicted octanol–water partition coefficient (Wildman–Crippen LogP) is 3.75. The summed E-state index contributed by atoms with van der Waals surface area (Å²) in [6.45, 7) is 0. The fourth-order valence-electron chi connectivity index (χ4n) is 2.18. The Balaban J connectivity index is 2.41. The normalized spacial score (nSPS) is 10.8. The van der Waals surface area contributed by atoms with E-state index in [1.165, 1.54) is 13.2 Å². The molecule has 3 aromatic rings. The minimum atomic E-state index is -1.07.